The van der Waals surface area contributed by atoms with E-state index in [0.717, 1.165) is 12.3 Å². The summed E-state index contributed by atoms with van der Waals surface area (Å²) in [4.78, 5) is 23.9. The Morgan fingerprint density at radius 3 is 2.59 bits per heavy atom. The zero-order chi connectivity index (χ0) is 15.7. The molecule has 4 nitrogen and oxygen atoms in total. The molecule has 2 aliphatic rings. The van der Waals surface area contributed by atoms with Crippen LogP contribution in [0.25, 0.3) is 0 Å². The summed E-state index contributed by atoms with van der Waals surface area (Å²) < 4.78 is 13.5. The fraction of sp³-hybridized carbons (Fsp3) is 0.529. The van der Waals surface area contributed by atoms with Crippen molar-refractivity contribution in [1.29, 1.82) is 0 Å². The van der Waals surface area contributed by atoms with E-state index in [0.29, 0.717) is 11.8 Å². The summed E-state index contributed by atoms with van der Waals surface area (Å²) >= 11 is 0. The van der Waals surface area contributed by atoms with Gasteiger partial charge in [0.25, 0.3) is 0 Å². The fourth-order valence-electron chi connectivity index (χ4n) is 4.03. The first-order valence-corrected chi connectivity index (χ1v) is 7.91. The molecule has 1 aromatic carbocycles. The van der Waals surface area contributed by atoms with Crippen molar-refractivity contribution in [3.05, 3.63) is 30.1 Å². The molecule has 2 N–H and O–H groups in total. The van der Waals surface area contributed by atoms with Crippen LogP contribution < -0.4 is 10.6 Å². The normalized spacial score (nSPS) is 27.5. The van der Waals surface area contributed by atoms with Crippen molar-refractivity contribution in [3.63, 3.8) is 0 Å². The van der Waals surface area contributed by atoms with Crippen molar-refractivity contribution >= 4 is 17.5 Å². The van der Waals surface area contributed by atoms with Crippen molar-refractivity contribution in [2.75, 3.05) is 5.32 Å². The third-order valence-electron chi connectivity index (χ3n) is 5.12. The van der Waals surface area contributed by atoms with Crippen molar-refractivity contribution in [2.24, 2.45) is 17.8 Å². The molecule has 0 aliphatic heterocycles. The molecule has 3 rings (SSSR count). The van der Waals surface area contributed by atoms with Gasteiger partial charge in [-0.3, -0.25) is 9.59 Å². The van der Waals surface area contributed by atoms with Gasteiger partial charge in [-0.05, 0) is 56.1 Å². The Hall–Kier alpha value is -1.91. The highest BCUT2D eigenvalue weighted by Crippen LogP contribution is 2.49. The first-order chi connectivity index (χ1) is 10.5. The highest BCUT2D eigenvalue weighted by molar-refractivity contribution is 6.39. The molecule has 0 aromatic heterocycles. The van der Waals surface area contributed by atoms with Gasteiger partial charge in [-0.2, -0.15) is 0 Å². The van der Waals surface area contributed by atoms with Crippen LogP contribution in [0.3, 0.4) is 0 Å². The molecule has 4 atom stereocenters. The van der Waals surface area contributed by atoms with Gasteiger partial charge in [0.05, 0.1) is 5.69 Å². The Morgan fingerprint density at radius 2 is 1.95 bits per heavy atom. The average molecular weight is 304 g/mol. The van der Waals surface area contributed by atoms with Gasteiger partial charge in [-0.25, -0.2) is 4.39 Å². The maximum atomic E-state index is 13.5. The maximum absolute atomic E-state index is 13.5. The minimum Gasteiger partial charge on any atom is -0.345 e. The number of carbonyl (C=O) groups is 2. The van der Waals surface area contributed by atoms with Crippen LogP contribution >= 0.6 is 0 Å². The van der Waals surface area contributed by atoms with Crippen LogP contribution in [0, 0.1) is 23.6 Å². The van der Waals surface area contributed by atoms with Gasteiger partial charge >= 0.3 is 11.8 Å². The second-order valence-corrected chi connectivity index (χ2v) is 6.53. The highest BCUT2D eigenvalue weighted by atomic mass is 19.1. The lowest BCUT2D eigenvalue weighted by Gasteiger charge is -2.28. The Bertz CT molecular complexity index is 590. The molecular formula is C17H21FN2O2. The number of hydrogen-bond donors (Lipinski definition) is 2. The third-order valence-corrected chi connectivity index (χ3v) is 5.12. The Balaban J connectivity index is 1.55. The summed E-state index contributed by atoms with van der Waals surface area (Å²) in [6, 6.07) is 5.79. The van der Waals surface area contributed by atoms with Crippen LogP contribution in [-0.4, -0.2) is 17.9 Å². The minimum atomic E-state index is -0.819. The van der Waals surface area contributed by atoms with Crippen molar-refractivity contribution < 1.29 is 14.0 Å². The van der Waals surface area contributed by atoms with Gasteiger partial charge in [0, 0.05) is 6.04 Å². The highest BCUT2D eigenvalue weighted by Gasteiger charge is 2.42. The number of nitrogens with one attached hydrogen (secondary N) is 2. The minimum absolute atomic E-state index is 0.0193. The second kappa shape index (κ2) is 6.07. The average Bonchev–Trinajstić information content (AvgIpc) is 3.12. The number of rotatable bonds is 3. The van der Waals surface area contributed by atoms with Crippen LogP contribution in [0.1, 0.15) is 32.6 Å². The molecule has 5 heteroatoms. The largest absolute Gasteiger partial charge is 0.345 e. The van der Waals surface area contributed by atoms with E-state index < -0.39 is 17.6 Å². The molecule has 0 spiro atoms. The topological polar surface area (TPSA) is 58.2 Å². The number of anilines is 1. The van der Waals surface area contributed by atoms with E-state index in [1.54, 1.807) is 6.07 Å². The summed E-state index contributed by atoms with van der Waals surface area (Å²) in [7, 11) is 0. The number of carbonyl (C=O) groups excluding carboxylic acids is 2. The molecule has 2 fully saturated rings. The van der Waals surface area contributed by atoms with Crippen LogP contribution in [0.4, 0.5) is 10.1 Å². The summed E-state index contributed by atoms with van der Waals surface area (Å²) in [6.45, 7) is 1.96. The number of hydrogen-bond acceptors (Lipinski definition) is 2. The Morgan fingerprint density at radius 1 is 1.18 bits per heavy atom. The number of amides is 2. The van der Waals surface area contributed by atoms with E-state index in [9.17, 15) is 14.0 Å². The standard InChI is InChI=1S/C17H21FN2O2/c1-10(13-9-11-6-7-12(13)8-11)19-16(21)17(22)20-15-5-3-2-4-14(15)18/h2-5,10-13H,6-9H2,1H3,(H,19,21)(H,20,22). The molecule has 118 valence electrons. The van der Waals surface area contributed by atoms with Crippen LogP contribution in [0.5, 0.6) is 0 Å². The SMILES string of the molecule is CC(NC(=O)C(=O)Nc1ccccc1F)C1CC2CCC1C2. The summed E-state index contributed by atoms with van der Waals surface area (Å²) in [5.41, 5.74) is 0.0234. The van der Waals surface area contributed by atoms with Gasteiger partial charge in [0.1, 0.15) is 5.82 Å². The number of benzene rings is 1. The van der Waals surface area contributed by atoms with Gasteiger partial charge < -0.3 is 10.6 Å². The number of para-hydroxylation sites is 1. The molecule has 1 aromatic rings. The maximum Gasteiger partial charge on any atom is 0.313 e. The molecule has 0 saturated heterocycles. The molecule has 2 aliphatic carbocycles. The molecule has 2 amide bonds. The predicted octanol–water partition coefficient (Wildman–Crippen LogP) is 2.71. The summed E-state index contributed by atoms with van der Waals surface area (Å²) in [6.07, 6.45) is 4.93. The number of fused-ring (bicyclic) bond motifs is 2. The Kier molecular flexibility index (Phi) is 4.14. The van der Waals surface area contributed by atoms with Crippen molar-refractivity contribution in [2.45, 2.75) is 38.6 Å². The first-order valence-electron chi connectivity index (χ1n) is 7.91. The van der Waals surface area contributed by atoms with E-state index in [-0.39, 0.29) is 11.7 Å². The lowest BCUT2D eigenvalue weighted by atomic mass is 9.84. The van der Waals surface area contributed by atoms with Crippen LogP contribution in [0.15, 0.2) is 24.3 Å². The van der Waals surface area contributed by atoms with Gasteiger partial charge in [0.15, 0.2) is 0 Å². The molecule has 2 bridgehead atoms. The van der Waals surface area contributed by atoms with Gasteiger partial charge in [0.2, 0.25) is 0 Å². The molecule has 0 radical (unpaired) electrons. The quantitative estimate of drug-likeness (QED) is 0.844. The summed E-state index contributed by atoms with van der Waals surface area (Å²) in [5.74, 6) is -0.135. The van der Waals surface area contributed by atoms with E-state index >= 15 is 0 Å². The molecule has 2 saturated carbocycles. The Labute approximate surface area is 129 Å². The van der Waals surface area contributed by atoms with E-state index in [1.807, 2.05) is 6.92 Å². The van der Waals surface area contributed by atoms with Crippen LogP contribution in [-0.2, 0) is 9.59 Å². The third kappa shape index (κ3) is 2.98. The van der Waals surface area contributed by atoms with Gasteiger partial charge in [-0.15, -0.1) is 0 Å². The van der Waals surface area contributed by atoms with E-state index in [1.165, 1.54) is 37.5 Å². The monoisotopic (exact) mass is 304 g/mol. The second-order valence-electron chi connectivity index (χ2n) is 6.53. The first kappa shape index (κ1) is 15.0. The molecule has 0 heterocycles. The fourth-order valence-corrected chi connectivity index (χ4v) is 4.03. The molecular weight excluding hydrogens is 283 g/mol. The summed E-state index contributed by atoms with van der Waals surface area (Å²) in [5, 5.41) is 5.09. The lowest BCUT2D eigenvalue weighted by Crippen LogP contribution is -2.45. The zero-order valence-corrected chi connectivity index (χ0v) is 12.6. The van der Waals surface area contributed by atoms with E-state index in [2.05, 4.69) is 10.6 Å². The predicted molar refractivity (Wildman–Crippen MR) is 81.6 cm³/mol. The molecule has 22 heavy (non-hydrogen) atoms. The van der Waals surface area contributed by atoms with Crippen LogP contribution in [0.2, 0.25) is 0 Å². The molecule has 4 unspecified atom stereocenters. The number of halogens is 1. The zero-order valence-electron chi connectivity index (χ0n) is 12.6. The van der Waals surface area contributed by atoms with Crippen molar-refractivity contribution in [3.8, 4) is 0 Å². The van der Waals surface area contributed by atoms with Gasteiger partial charge in [-0.1, -0.05) is 18.6 Å². The lowest BCUT2D eigenvalue weighted by molar-refractivity contribution is -0.136. The van der Waals surface area contributed by atoms with E-state index in [4.69, 9.17) is 0 Å². The smallest absolute Gasteiger partial charge is 0.313 e. The van der Waals surface area contributed by atoms with Crippen molar-refractivity contribution in [1.82, 2.24) is 5.32 Å².